The quantitative estimate of drug-likeness (QED) is 0.357. The summed E-state index contributed by atoms with van der Waals surface area (Å²) < 4.78 is 35.3. The molecule has 0 aliphatic rings. The first-order valence-corrected chi connectivity index (χ1v) is 12.8. The van der Waals surface area contributed by atoms with E-state index < -0.39 is 25.9 Å². The maximum atomic E-state index is 12.6. The van der Waals surface area contributed by atoms with Gasteiger partial charge in [-0.15, -0.1) is 0 Å². The second-order valence-corrected chi connectivity index (χ2v) is 12.6. The van der Waals surface area contributed by atoms with Crippen LogP contribution in [0.1, 0.15) is 13.3 Å². The molecule has 0 bridgehead atoms. The predicted octanol–water partition coefficient (Wildman–Crippen LogP) is 1.10. The van der Waals surface area contributed by atoms with Gasteiger partial charge in [-0.25, -0.2) is 0 Å². The van der Waals surface area contributed by atoms with Crippen molar-refractivity contribution in [1.82, 2.24) is 4.90 Å². The minimum absolute atomic E-state index is 0.0573. The summed E-state index contributed by atoms with van der Waals surface area (Å²) in [5.41, 5.74) is 0. The highest BCUT2D eigenvalue weighted by Crippen LogP contribution is 2.64. The first-order chi connectivity index (χ1) is 11.1. The fourth-order valence-electron chi connectivity index (χ4n) is 2.35. The van der Waals surface area contributed by atoms with E-state index in [1.165, 1.54) is 20.0 Å². The van der Waals surface area contributed by atoms with Crippen molar-refractivity contribution >= 4 is 20.5 Å². The highest BCUT2D eigenvalue weighted by atomic mass is 31.2. The molecule has 0 aromatic heterocycles. The van der Waals surface area contributed by atoms with Crippen molar-refractivity contribution in [2.24, 2.45) is 0 Å². The highest BCUT2D eigenvalue weighted by Gasteiger charge is 2.40. The summed E-state index contributed by atoms with van der Waals surface area (Å²) in [5.74, 6) is -0.585. The first-order valence-electron chi connectivity index (χ1n) is 7.94. The smallest absolute Gasteiger partial charge is 0.307 e. The van der Waals surface area contributed by atoms with E-state index in [0.29, 0.717) is 19.6 Å². The molecule has 0 fully saturated rings. The molecule has 2 unspecified atom stereocenters. The molecule has 2 N–H and O–H groups in total. The van der Waals surface area contributed by atoms with Gasteiger partial charge in [0.25, 0.3) is 0 Å². The fraction of sp³-hybridized carbons (Fsp3) is 0.929. The molecular weight excluding hydrogens is 356 g/mol. The number of aliphatic hydroxyl groups is 2. The molecule has 0 amide bonds. The Morgan fingerprint density at radius 2 is 1.62 bits per heavy atom. The van der Waals surface area contributed by atoms with Crippen LogP contribution in [0, 0.1) is 0 Å². The average molecular weight is 387 g/mol. The van der Waals surface area contributed by atoms with Crippen molar-refractivity contribution in [3.63, 3.8) is 0 Å². The van der Waals surface area contributed by atoms with Crippen LogP contribution < -0.4 is 0 Å². The van der Waals surface area contributed by atoms with Gasteiger partial charge in [-0.2, -0.15) is 0 Å². The Morgan fingerprint density at radius 1 is 1.08 bits per heavy atom. The molecule has 2 atom stereocenters. The van der Waals surface area contributed by atoms with E-state index in [-0.39, 0.29) is 32.8 Å². The van der Waals surface area contributed by atoms with Crippen LogP contribution in [0.3, 0.4) is 0 Å². The third-order valence-electron chi connectivity index (χ3n) is 3.50. The van der Waals surface area contributed by atoms with Gasteiger partial charge in [0.2, 0.25) is 7.37 Å². The molecule has 10 heteroatoms. The second-order valence-electron chi connectivity index (χ2n) is 5.95. The lowest BCUT2D eigenvalue weighted by Gasteiger charge is -2.27. The van der Waals surface area contributed by atoms with Gasteiger partial charge in [-0.1, -0.05) is 0 Å². The molecule has 8 nitrogen and oxygen atoms in total. The minimum atomic E-state index is -3.19. The van der Waals surface area contributed by atoms with Gasteiger partial charge in [0, 0.05) is 26.3 Å². The number of carbonyl (C=O) groups excluding carboxylic acids is 1. The number of esters is 1. The van der Waals surface area contributed by atoms with Crippen molar-refractivity contribution < 1.29 is 33.4 Å². The zero-order valence-corrected chi connectivity index (χ0v) is 16.8. The minimum Gasteiger partial charge on any atom is -0.464 e. The summed E-state index contributed by atoms with van der Waals surface area (Å²) in [6.45, 7) is 7.36. The number of ether oxygens (including phenoxy) is 1. The zero-order chi connectivity index (χ0) is 18.8. The Kier molecular flexibility index (Phi) is 11.3. The zero-order valence-electron chi connectivity index (χ0n) is 15.0. The van der Waals surface area contributed by atoms with E-state index in [4.69, 9.17) is 19.5 Å². The predicted molar refractivity (Wildman–Crippen MR) is 94.6 cm³/mol. The molecule has 144 valence electrons. The summed E-state index contributed by atoms with van der Waals surface area (Å²) in [6.07, 6.45) is -0.224. The van der Waals surface area contributed by atoms with Gasteiger partial charge in [0.15, 0.2) is 0 Å². The monoisotopic (exact) mass is 387 g/mol. The number of hydrogen-bond donors (Lipinski definition) is 2. The molecule has 0 saturated carbocycles. The molecule has 0 heterocycles. The Labute approximate surface area is 144 Å². The Morgan fingerprint density at radius 3 is 2.04 bits per heavy atom. The molecule has 0 spiro atoms. The van der Waals surface area contributed by atoms with Crippen LogP contribution in [0.5, 0.6) is 0 Å². The Hall–Kier alpha value is -0.230. The molecule has 0 rings (SSSR count). The van der Waals surface area contributed by atoms with Crippen LogP contribution in [0.2, 0.25) is 0 Å². The van der Waals surface area contributed by atoms with Crippen molar-refractivity contribution in [2.45, 2.75) is 18.7 Å². The van der Waals surface area contributed by atoms with Gasteiger partial charge in [-0.05, 0) is 20.3 Å². The SMILES string of the molecule is CCOP(C)(=O)C(CC(=O)OCCN(CCO)CCO)P(C)(C)=O. The van der Waals surface area contributed by atoms with E-state index >= 15 is 0 Å². The van der Waals surface area contributed by atoms with Crippen molar-refractivity contribution in [3.05, 3.63) is 0 Å². The fourth-order valence-corrected chi connectivity index (χ4v) is 8.34. The molecule has 0 aliphatic carbocycles. The largest absolute Gasteiger partial charge is 0.464 e. The van der Waals surface area contributed by atoms with Crippen LogP contribution in [-0.2, 0) is 23.2 Å². The Bertz CT molecular complexity index is 460. The van der Waals surface area contributed by atoms with E-state index in [1.54, 1.807) is 11.8 Å². The van der Waals surface area contributed by atoms with Crippen LogP contribution in [0.4, 0.5) is 0 Å². The topological polar surface area (TPSA) is 113 Å². The summed E-state index contributed by atoms with van der Waals surface area (Å²) in [4.78, 5) is 13.8. The number of aliphatic hydroxyl groups excluding tert-OH is 2. The molecule has 0 aliphatic heterocycles. The van der Waals surface area contributed by atoms with Gasteiger partial charge in [0.05, 0.1) is 38.8 Å². The summed E-state index contributed by atoms with van der Waals surface area (Å²) in [6, 6.07) is 0. The van der Waals surface area contributed by atoms with E-state index in [0.717, 1.165) is 0 Å². The third-order valence-corrected chi connectivity index (χ3v) is 10.1. The normalized spacial score (nSPS) is 16.0. The number of rotatable bonds is 13. The second kappa shape index (κ2) is 11.4. The highest BCUT2D eigenvalue weighted by molar-refractivity contribution is 7.78. The summed E-state index contributed by atoms with van der Waals surface area (Å²) >= 11 is 0. The third kappa shape index (κ3) is 9.30. The molecular formula is C14H31NO7P2. The first kappa shape index (κ1) is 23.8. The van der Waals surface area contributed by atoms with E-state index in [9.17, 15) is 13.9 Å². The van der Waals surface area contributed by atoms with E-state index in [2.05, 4.69) is 0 Å². The van der Waals surface area contributed by atoms with E-state index in [1.807, 2.05) is 0 Å². The average Bonchev–Trinajstić information content (AvgIpc) is 2.43. The molecule has 0 aromatic carbocycles. The number of hydrogen-bond acceptors (Lipinski definition) is 8. The van der Waals surface area contributed by atoms with Gasteiger partial charge in [0.1, 0.15) is 6.61 Å². The number of carbonyl (C=O) groups is 1. The summed E-state index contributed by atoms with van der Waals surface area (Å²) in [7, 11) is -6.01. The lowest BCUT2D eigenvalue weighted by molar-refractivity contribution is -0.143. The number of nitrogens with zero attached hydrogens (tertiary/aromatic N) is 1. The molecule has 0 saturated heterocycles. The standard InChI is InChI=1S/C14H31NO7P2/c1-5-22-24(4,20)14(23(2,3)19)12-13(18)21-11-8-15(6-9-16)7-10-17/h14,16-17H,5-12H2,1-4H3. The lowest BCUT2D eigenvalue weighted by Crippen LogP contribution is -2.33. The van der Waals surface area contributed by atoms with Crippen LogP contribution in [-0.4, -0.2) is 92.5 Å². The maximum Gasteiger partial charge on any atom is 0.307 e. The van der Waals surface area contributed by atoms with Gasteiger partial charge in [-0.3, -0.25) is 14.3 Å². The molecule has 0 radical (unpaired) electrons. The van der Waals surface area contributed by atoms with Crippen molar-refractivity contribution in [2.75, 3.05) is 66.1 Å². The van der Waals surface area contributed by atoms with Crippen LogP contribution in [0.25, 0.3) is 0 Å². The van der Waals surface area contributed by atoms with Gasteiger partial charge >= 0.3 is 5.97 Å². The van der Waals surface area contributed by atoms with Crippen LogP contribution >= 0.6 is 14.5 Å². The van der Waals surface area contributed by atoms with Crippen LogP contribution in [0.15, 0.2) is 0 Å². The molecule has 24 heavy (non-hydrogen) atoms. The molecule has 0 aromatic rings. The summed E-state index contributed by atoms with van der Waals surface area (Å²) in [5, 5.41) is 17.0. The van der Waals surface area contributed by atoms with Crippen molar-refractivity contribution in [1.29, 1.82) is 0 Å². The Balaban J connectivity index is 4.64. The van der Waals surface area contributed by atoms with Gasteiger partial charge < -0.3 is 24.0 Å². The maximum absolute atomic E-state index is 12.6. The lowest BCUT2D eigenvalue weighted by atomic mass is 10.4. The van der Waals surface area contributed by atoms with Crippen molar-refractivity contribution in [3.8, 4) is 0 Å².